The largest absolute Gasteiger partial charge is 0.478 e. The molecule has 0 spiro atoms. The van der Waals surface area contributed by atoms with E-state index in [1.54, 1.807) is 12.1 Å². The van der Waals surface area contributed by atoms with Crippen molar-refractivity contribution < 1.29 is 23.9 Å². The van der Waals surface area contributed by atoms with Crippen molar-refractivity contribution in [1.82, 2.24) is 5.32 Å². The van der Waals surface area contributed by atoms with Crippen molar-refractivity contribution in [3.8, 4) is 0 Å². The number of amides is 1. The zero-order chi connectivity index (χ0) is 17.0. The Balaban J connectivity index is 2.14. The number of nitrogens with one attached hydrogen (secondary N) is 1. The number of Topliss-reactive ketones (excluding diaryl/α,β-unsaturated/α-hetero) is 1. The van der Waals surface area contributed by atoms with Gasteiger partial charge in [0.05, 0.1) is 11.1 Å². The van der Waals surface area contributed by atoms with Crippen LogP contribution in [0.1, 0.15) is 43.6 Å². The van der Waals surface area contributed by atoms with E-state index in [0.717, 1.165) is 6.07 Å². The van der Waals surface area contributed by atoms with Crippen LogP contribution in [0.2, 0.25) is 0 Å². The highest BCUT2D eigenvalue weighted by molar-refractivity contribution is 6.07. The molecule has 118 valence electrons. The highest BCUT2D eigenvalue weighted by Crippen LogP contribution is 2.15. The molecule has 23 heavy (non-hydrogen) atoms. The Hall–Kier alpha value is -3.02. The number of hydrogen-bond acceptors (Lipinski definition) is 3. The zero-order valence-corrected chi connectivity index (χ0v) is 12.3. The summed E-state index contributed by atoms with van der Waals surface area (Å²) in [5.41, 5.74) is 0.517. The first-order chi connectivity index (χ1) is 10.9. The van der Waals surface area contributed by atoms with Crippen LogP contribution in [0.4, 0.5) is 4.39 Å². The number of halogens is 1. The number of hydrogen-bond donors (Lipinski definition) is 2. The van der Waals surface area contributed by atoms with Gasteiger partial charge >= 0.3 is 5.97 Å². The topological polar surface area (TPSA) is 83.5 Å². The lowest BCUT2D eigenvalue weighted by Crippen LogP contribution is -2.26. The molecule has 0 bridgehead atoms. The number of benzene rings is 2. The predicted octanol–water partition coefficient (Wildman–Crippen LogP) is 2.66. The van der Waals surface area contributed by atoms with E-state index in [1.165, 1.54) is 31.2 Å². The fourth-order valence-electron chi connectivity index (χ4n) is 2.08. The molecule has 0 aromatic heterocycles. The summed E-state index contributed by atoms with van der Waals surface area (Å²) in [6.45, 7) is 1.35. The first-order valence-corrected chi connectivity index (χ1v) is 6.80. The van der Waals surface area contributed by atoms with Gasteiger partial charge in [-0.2, -0.15) is 0 Å². The van der Waals surface area contributed by atoms with Crippen LogP contribution in [0.3, 0.4) is 0 Å². The molecule has 2 N–H and O–H groups in total. The number of ketones is 1. The quantitative estimate of drug-likeness (QED) is 0.831. The lowest BCUT2D eigenvalue weighted by atomic mass is 10.0. The molecule has 0 aliphatic heterocycles. The van der Waals surface area contributed by atoms with Gasteiger partial charge in [0.25, 0.3) is 5.91 Å². The Bertz CT molecular complexity index is 769. The average Bonchev–Trinajstić information content (AvgIpc) is 2.52. The van der Waals surface area contributed by atoms with Crippen molar-refractivity contribution in [2.45, 2.75) is 13.5 Å². The molecule has 0 atom stereocenters. The molecule has 1 amide bonds. The Morgan fingerprint density at radius 3 is 2.30 bits per heavy atom. The van der Waals surface area contributed by atoms with E-state index >= 15 is 0 Å². The molecule has 0 aliphatic rings. The van der Waals surface area contributed by atoms with Gasteiger partial charge in [-0.1, -0.05) is 24.3 Å². The summed E-state index contributed by atoms with van der Waals surface area (Å²) in [4.78, 5) is 34.4. The Morgan fingerprint density at radius 2 is 1.74 bits per heavy atom. The Kier molecular flexibility index (Phi) is 4.85. The van der Waals surface area contributed by atoms with Crippen molar-refractivity contribution in [2.24, 2.45) is 0 Å². The zero-order valence-electron chi connectivity index (χ0n) is 12.3. The van der Waals surface area contributed by atoms with E-state index in [9.17, 15) is 18.8 Å². The van der Waals surface area contributed by atoms with Gasteiger partial charge < -0.3 is 10.4 Å². The predicted molar refractivity (Wildman–Crippen MR) is 81.0 cm³/mol. The van der Waals surface area contributed by atoms with Gasteiger partial charge in [0.1, 0.15) is 5.82 Å². The summed E-state index contributed by atoms with van der Waals surface area (Å²) in [5, 5.41) is 11.3. The molecule has 0 radical (unpaired) electrons. The molecular formula is C17H14FNO4. The van der Waals surface area contributed by atoms with Crippen LogP contribution in [0.25, 0.3) is 0 Å². The van der Waals surface area contributed by atoms with E-state index < -0.39 is 23.5 Å². The third-order valence-corrected chi connectivity index (χ3v) is 3.27. The second-order valence-electron chi connectivity index (χ2n) is 4.90. The second kappa shape index (κ2) is 6.83. The maximum Gasteiger partial charge on any atom is 0.335 e. The van der Waals surface area contributed by atoms with Crippen molar-refractivity contribution in [3.63, 3.8) is 0 Å². The second-order valence-corrected chi connectivity index (χ2v) is 4.90. The Labute approximate surface area is 131 Å². The van der Waals surface area contributed by atoms with Gasteiger partial charge in [-0.25, -0.2) is 9.18 Å². The molecule has 0 fully saturated rings. The van der Waals surface area contributed by atoms with E-state index in [0.29, 0.717) is 5.56 Å². The fraction of sp³-hybridized carbons (Fsp3) is 0.118. The van der Waals surface area contributed by atoms with Crippen molar-refractivity contribution >= 4 is 17.7 Å². The highest BCUT2D eigenvalue weighted by Gasteiger charge is 2.18. The standard InChI is InChI=1S/C17H14FNO4/c1-10(20)13-3-2-4-14(18)15(13)16(21)19-9-11-5-7-12(8-6-11)17(22)23/h2-8H,9H2,1H3,(H,19,21)(H,22,23). The highest BCUT2D eigenvalue weighted by atomic mass is 19.1. The van der Waals surface area contributed by atoms with Gasteiger partial charge in [0.15, 0.2) is 5.78 Å². The summed E-state index contributed by atoms with van der Waals surface area (Å²) >= 11 is 0. The van der Waals surface area contributed by atoms with Crippen LogP contribution in [0.15, 0.2) is 42.5 Å². The number of carbonyl (C=O) groups excluding carboxylic acids is 2. The van der Waals surface area contributed by atoms with Crippen LogP contribution in [-0.2, 0) is 6.54 Å². The van der Waals surface area contributed by atoms with Crippen LogP contribution in [-0.4, -0.2) is 22.8 Å². The first-order valence-electron chi connectivity index (χ1n) is 6.80. The van der Waals surface area contributed by atoms with Gasteiger partial charge in [-0.15, -0.1) is 0 Å². The lowest BCUT2D eigenvalue weighted by Gasteiger charge is -2.09. The lowest BCUT2D eigenvalue weighted by molar-refractivity contribution is 0.0696. The van der Waals surface area contributed by atoms with Gasteiger partial charge in [0.2, 0.25) is 0 Å². The molecule has 2 rings (SSSR count). The molecule has 0 saturated heterocycles. The first kappa shape index (κ1) is 16.4. The molecule has 0 unspecified atom stereocenters. The minimum absolute atomic E-state index is 0.0173. The fourth-order valence-corrected chi connectivity index (χ4v) is 2.08. The molecule has 0 heterocycles. The maximum absolute atomic E-state index is 13.9. The molecule has 5 nitrogen and oxygen atoms in total. The monoisotopic (exact) mass is 315 g/mol. The Morgan fingerprint density at radius 1 is 1.09 bits per heavy atom. The smallest absolute Gasteiger partial charge is 0.335 e. The van der Waals surface area contributed by atoms with Crippen molar-refractivity contribution in [3.05, 3.63) is 70.5 Å². The van der Waals surface area contributed by atoms with E-state index in [2.05, 4.69) is 5.32 Å². The van der Waals surface area contributed by atoms with Crippen molar-refractivity contribution in [2.75, 3.05) is 0 Å². The molecule has 2 aromatic carbocycles. The number of rotatable bonds is 5. The molecular weight excluding hydrogens is 301 g/mol. The number of carboxylic acid groups (broad SMARTS) is 1. The van der Waals surface area contributed by atoms with Crippen LogP contribution < -0.4 is 5.32 Å². The molecule has 0 saturated carbocycles. The van der Waals surface area contributed by atoms with Gasteiger partial charge in [0, 0.05) is 12.1 Å². The minimum Gasteiger partial charge on any atom is -0.478 e. The third kappa shape index (κ3) is 3.79. The van der Waals surface area contributed by atoms with Crippen LogP contribution >= 0.6 is 0 Å². The third-order valence-electron chi connectivity index (χ3n) is 3.27. The summed E-state index contributed by atoms with van der Waals surface area (Å²) in [6.07, 6.45) is 0. The van der Waals surface area contributed by atoms with Gasteiger partial charge in [-0.3, -0.25) is 9.59 Å². The summed E-state index contributed by atoms with van der Waals surface area (Å²) in [7, 11) is 0. The SMILES string of the molecule is CC(=O)c1cccc(F)c1C(=O)NCc1ccc(C(=O)O)cc1. The van der Waals surface area contributed by atoms with Crippen molar-refractivity contribution in [1.29, 1.82) is 0 Å². The number of aromatic carboxylic acids is 1. The van der Waals surface area contributed by atoms with E-state index in [4.69, 9.17) is 5.11 Å². The molecule has 6 heteroatoms. The van der Waals surface area contributed by atoms with Crippen LogP contribution in [0, 0.1) is 5.82 Å². The van der Waals surface area contributed by atoms with E-state index in [1.807, 2.05) is 0 Å². The van der Waals surface area contributed by atoms with E-state index in [-0.39, 0.29) is 23.2 Å². The number of carboxylic acids is 1. The summed E-state index contributed by atoms with van der Waals surface area (Å²) in [6, 6.07) is 9.80. The molecule has 0 aliphatic carbocycles. The van der Waals surface area contributed by atoms with Gasteiger partial charge in [-0.05, 0) is 30.7 Å². The van der Waals surface area contributed by atoms with Crippen LogP contribution in [0.5, 0.6) is 0 Å². The average molecular weight is 315 g/mol. The summed E-state index contributed by atoms with van der Waals surface area (Å²) in [5.74, 6) is -2.91. The summed E-state index contributed by atoms with van der Waals surface area (Å²) < 4.78 is 13.9. The molecule has 2 aromatic rings. The minimum atomic E-state index is -1.04. The maximum atomic E-state index is 13.9. The normalized spacial score (nSPS) is 10.2. The number of carbonyl (C=O) groups is 3.